The standard InChI is InChI=1S/C13H10ClNO2/c1-8-2-3-9(6-12(8)14)11-7-15-5-4-10(11)13(16)17/h2-7H,1H3,(H,16,17). The van der Waals surface area contributed by atoms with Crippen LogP contribution in [0.3, 0.4) is 0 Å². The molecule has 0 saturated carbocycles. The first-order valence-corrected chi connectivity index (χ1v) is 5.41. The normalized spacial score (nSPS) is 10.2. The molecule has 0 spiro atoms. The number of pyridine rings is 1. The maximum atomic E-state index is 11.1. The van der Waals surface area contributed by atoms with Crippen molar-refractivity contribution in [1.29, 1.82) is 0 Å². The highest BCUT2D eigenvalue weighted by Crippen LogP contribution is 2.27. The summed E-state index contributed by atoms with van der Waals surface area (Å²) >= 11 is 6.03. The van der Waals surface area contributed by atoms with Gasteiger partial charge >= 0.3 is 5.97 Å². The topological polar surface area (TPSA) is 50.2 Å². The number of carboxylic acids is 1. The zero-order chi connectivity index (χ0) is 12.4. The lowest BCUT2D eigenvalue weighted by atomic mass is 10.0. The number of aromatic carboxylic acids is 1. The van der Waals surface area contributed by atoms with Crippen LogP contribution in [-0.4, -0.2) is 16.1 Å². The Labute approximate surface area is 104 Å². The van der Waals surface area contributed by atoms with E-state index < -0.39 is 5.97 Å². The molecule has 0 bridgehead atoms. The monoisotopic (exact) mass is 247 g/mol. The lowest BCUT2D eigenvalue weighted by molar-refractivity contribution is 0.0697. The molecule has 4 heteroatoms. The first kappa shape index (κ1) is 11.6. The molecule has 0 aliphatic heterocycles. The summed E-state index contributed by atoms with van der Waals surface area (Å²) in [5.41, 5.74) is 2.50. The van der Waals surface area contributed by atoms with Crippen molar-refractivity contribution < 1.29 is 9.90 Å². The van der Waals surface area contributed by atoms with Gasteiger partial charge in [0.1, 0.15) is 0 Å². The average Bonchev–Trinajstić information content (AvgIpc) is 2.32. The van der Waals surface area contributed by atoms with Gasteiger partial charge < -0.3 is 5.11 Å². The van der Waals surface area contributed by atoms with Crippen LogP contribution in [0.15, 0.2) is 36.7 Å². The molecule has 0 atom stereocenters. The fraction of sp³-hybridized carbons (Fsp3) is 0.0769. The molecule has 1 aromatic carbocycles. The van der Waals surface area contributed by atoms with Crippen LogP contribution in [0.25, 0.3) is 11.1 Å². The summed E-state index contributed by atoms with van der Waals surface area (Å²) in [5.74, 6) is -0.973. The number of hydrogen-bond acceptors (Lipinski definition) is 2. The fourth-order valence-corrected chi connectivity index (χ4v) is 1.75. The lowest BCUT2D eigenvalue weighted by Gasteiger charge is -2.07. The minimum Gasteiger partial charge on any atom is -0.478 e. The van der Waals surface area contributed by atoms with Gasteiger partial charge in [-0.2, -0.15) is 0 Å². The summed E-state index contributed by atoms with van der Waals surface area (Å²) in [6, 6.07) is 6.92. The Morgan fingerprint density at radius 1 is 1.35 bits per heavy atom. The Morgan fingerprint density at radius 2 is 2.12 bits per heavy atom. The van der Waals surface area contributed by atoms with Gasteiger partial charge in [-0.3, -0.25) is 4.98 Å². The van der Waals surface area contributed by atoms with Crippen LogP contribution in [0.4, 0.5) is 0 Å². The smallest absolute Gasteiger partial charge is 0.336 e. The third kappa shape index (κ3) is 2.29. The summed E-state index contributed by atoms with van der Waals surface area (Å²) in [4.78, 5) is 15.0. The van der Waals surface area contributed by atoms with Crippen molar-refractivity contribution in [2.75, 3.05) is 0 Å². The van der Waals surface area contributed by atoms with Crippen molar-refractivity contribution in [1.82, 2.24) is 4.98 Å². The molecule has 3 nitrogen and oxygen atoms in total. The second-order valence-corrected chi connectivity index (χ2v) is 4.10. The van der Waals surface area contributed by atoms with E-state index in [1.54, 1.807) is 6.07 Å². The van der Waals surface area contributed by atoms with Crippen molar-refractivity contribution in [3.63, 3.8) is 0 Å². The predicted octanol–water partition coefficient (Wildman–Crippen LogP) is 3.41. The molecule has 0 unspecified atom stereocenters. The molecule has 1 N–H and O–H groups in total. The van der Waals surface area contributed by atoms with E-state index in [4.69, 9.17) is 16.7 Å². The van der Waals surface area contributed by atoms with E-state index in [-0.39, 0.29) is 5.56 Å². The van der Waals surface area contributed by atoms with Crippen molar-refractivity contribution in [3.8, 4) is 11.1 Å². The van der Waals surface area contributed by atoms with Crippen molar-refractivity contribution >= 4 is 17.6 Å². The van der Waals surface area contributed by atoms with Gasteiger partial charge in [0.25, 0.3) is 0 Å². The second-order valence-electron chi connectivity index (χ2n) is 3.69. The number of carbonyl (C=O) groups is 1. The van der Waals surface area contributed by atoms with E-state index in [9.17, 15) is 4.79 Å². The highest BCUT2D eigenvalue weighted by atomic mass is 35.5. The van der Waals surface area contributed by atoms with E-state index in [1.807, 2.05) is 19.1 Å². The molecule has 0 aliphatic carbocycles. The third-order valence-corrected chi connectivity index (χ3v) is 2.94. The van der Waals surface area contributed by atoms with E-state index in [2.05, 4.69) is 4.98 Å². The summed E-state index contributed by atoms with van der Waals surface area (Å²) < 4.78 is 0. The first-order chi connectivity index (χ1) is 8.09. The fourth-order valence-electron chi connectivity index (χ4n) is 1.57. The summed E-state index contributed by atoms with van der Waals surface area (Å²) in [7, 11) is 0. The summed E-state index contributed by atoms with van der Waals surface area (Å²) in [6.45, 7) is 1.90. The van der Waals surface area contributed by atoms with Gasteiger partial charge in [-0.15, -0.1) is 0 Å². The molecule has 0 amide bonds. The maximum Gasteiger partial charge on any atom is 0.336 e. The largest absolute Gasteiger partial charge is 0.478 e. The highest BCUT2D eigenvalue weighted by Gasteiger charge is 2.11. The molecule has 1 aromatic heterocycles. The van der Waals surface area contributed by atoms with E-state index in [0.717, 1.165) is 11.1 Å². The average molecular weight is 248 g/mol. The third-order valence-electron chi connectivity index (χ3n) is 2.53. The van der Waals surface area contributed by atoms with Crippen molar-refractivity contribution in [3.05, 3.63) is 52.8 Å². The number of rotatable bonds is 2. The van der Waals surface area contributed by atoms with E-state index >= 15 is 0 Å². The molecule has 2 aromatic rings. The molecule has 0 fully saturated rings. The molecular weight excluding hydrogens is 238 g/mol. The molecule has 0 saturated heterocycles. The number of hydrogen-bond donors (Lipinski definition) is 1. The van der Waals surface area contributed by atoms with Gasteiger partial charge in [-0.25, -0.2) is 4.79 Å². The molecule has 0 aliphatic rings. The van der Waals surface area contributed by atoms with Gasteiger partial charge in [-0.05, 0) is 30.2 Å². The lowest BCUT2D eigenvalue weighted by Crippen LogP contribution is -1.99. The van der Waals surface area contributed by atoms with Crippen molar-refractivity contribution in [2.45, 2.75) is 6.92 Å². The Morgan fingerprint density at radius 3 is 2.76 bits per heavy atom. The minimum absolute atomic E-state index is 0.222. The summed E-state index contributed by atoms with van der Waals surface area (Å²) in [5, 5.41) is 9.70. The SMILES string of the molecule is Cc1ccc(-c2cnccc2C(=O)O)cc1Cl. The van der Waals surface area contributed by atoms with Crippen LogP contribution in [0.2, 0.25) is 5.02 Å². The van der Waals surface area contributed by atoms with Crippen LogP contribution < -0.4 is 0 Å². The quantitative estimate of drug-likeness (QED) is 0.885. The zero-order valence-corrected chi connectivity index (χ0v) is 9.90. The Bertz CT molecular complexity index is 581. The number of aryl methyl sites for hydroxylation is 1. The molecule has 0 radical (unpaired) electrons. The number of benzene rings is 1. The number of carboxylic acid groups (broad SMARTS) is 1. The Balaban J connectivity index is 2.60. The maximum absolute atomic E-state index is 11.1. The second kappa shape index (κ2) is 4.55. The molecule has 1 heterocycles. The van der Waals surface area contributed by atoms with E-state index in [1.165, 1.54) is 18.5 Å². The van der Waals surface area contributed by atoms with Crippen LogP contribution >= 0.6 is 11.6 Å². The molecule has 86 valence electrons. The van der Waals surface area contributed by atoms with Gasteiger partial charge in [0.15, 0.2) is 0 Å². The van der Waals surface area contributed by atoms with Crippen LogP contribution in [0.1, 0.15) is 15.9 Å². The van der Waals surface area contributed by atoms with Crippen LogP contribution in [0.5, 0.6) is 0 Å². The number of nitrogens with zero attached hydrogens (tertiary/aromatic N) is 1. The Hall–Kier alpha value is -1.87. The van der Waals surface area contributed by atoms with Crippen LogP contribution in [0, 0.1) is 6.92 Å². The number of aromatic nitrogens is 1. The number of halogens is 1. The van der Waals surface area contributed by atoms with Crippen LogP contribution in [-0.2, 0) is 0 Å². The summed E-state index contributed by atoms with van der Waals surface area (Å²) in [6.07, 6.45) is 2.99. The molecular formula is C13H10ClNO2. The van der Waals surface area contributed by atoms with Gasteiger partial charge in [0.2, 0.25) is 0 Å². The van der Waals surface area contributed by atoms with Gasteiger partial charge in [0.05, 0.1) is 5.56 Å². The molecule has 17 heavy (non-hydrogen) atoms. The predicted molar refractivity (Wildman–Crippen MR) is 66.4 cm³/mol. The zero-order valence-electron chi connectivity index (χ0n) is 9.14. The van der Waals surface area contributed by atoms with Gasteiger partial charge in [0, 0.05) is 23.0 Å². The first-order valence-electron chi connectivity index (χ1n) is 5.03. The van der Waals surface area contributed by atoms with Crippen molar-refractivity contribution in [2.24, 2.45) is 0 Å². The van der Waals surface area contributed by atoms with E-state index in [0.29, 0.717) is 10.6 Å². The van der Waals surface area contributed by atoms with Gasteiger partial charge in [-0.1, -0.05) is 23.7 Å². The molecule has 2 rings (SSSR count). The highest BCUT2D eigenvalue weighted by molar-refractivity contribution is 6.31. The Kier molecular flexibility index (Phi) is 3.11. The minimum atomic E-state index is -0.973.